The highest BCUT2D eigenvalue weighted by atomic mass is 79.9. The third kappa shape index (κ3) is 4.18. The number of carbonyl (C=O) groups is 1. The van der Waals surface area contributed by atoms with Crippen molar-refractivity contribution in [2.75, 3.05) is 19.5 Å². The number of ether oxygens (including phenoxy) is 2. The van der Waals surface area contributed by atoms with Crippen molar-refractivity contribution >= 4 is 39.1 Å². The van der Waals surface area contributed by atoms with Crippen LogP contribution in [0.2, 0.25) is 5.02 Å². The fourth-order valence-electron chi connectivity index (χ4n) is 2.14. The highest BCUT2D eigenvalue weighted by Crippen LogP contribution is 2.33. The number of methoxy groups -OCH3 is 2. The van der Waals surface area contributed by atoms with Crippen molar-refractivity contribution in [2.45, 2.75) is 13.3 Å². The van der Waals surface area contributed by atoms with Crippen LogP contribution in [-0.4, -0.2) is 20.1 Å². The Bertz CT molecular complexity index is 734. The lowest BCUT2D eigenvalue weighted by Crippen LogP contribution is -2.15. The molecule has 0 fully saturated rings. The minimum Gasteiger partial charge on any atom is -0.493 e. The van der Waals surface area contributed by atoms with E-state index in [9.17, 15) is 4.79 Å². The summed E-state index contributed by atoms with van der Waals surface area (Å²) in [6.45, 7) is 1.87. The monoisotopic (exact) mass is 397 g/mol. The second-order valence-electron chi connectivity index (χ2n) is 4.94. The minimum absolute atomic E-state index is 0.136. The number of halogens is 2. The molecule has 0 saturated carbocycles. The van der Waals surface area contributed by atoms with E-state index in [2.05, 4.69) is 21.2 Å². The molecule has 1 N–H and O–H groups in total. The fourth-order valence-corrected chi connectivity index (χ4v) is 2.78. The zero-order valence-corrected chi connectivity index (χ0v) is 15.4. The molecule has 0 aromatic heterocycles. The van der Waals surface area contributed by atoms with Gasteiger partial charge in [0.25, 0.3) is 0 Å². The Labute approximate surface area is 148 Å². The van der Waals surface area contributed by atoms with Crippen LogP contribution in [0.1, 0.15) is 11.1 Å². The molecule has 2 aromatic carbocycles. The van der Waals surface area contributed by atoms with Crippen LogP contribution in [0.15, 0.2) is 34.8 Å². The minimum atomic E-state index is -0.136. The molecule has 2 rings (SSSR count). The Kier molecular flexibility index (Phi) is 5.91. The molecular formula is C17H17BrClNO3. The van der Waals surface area contributed by atoms with Crippen molar-refractivity contribution in [3.05, 3.63) is 51.0 Å². The van der Waals surface area contributed by atoms with Crippen LogP contribution in [0.25, 0.3) is 0 Å². The van der Waals surface area contributed by atoms with Crippen LogP contribution in [-0.2, 0) is 11.2 Å². The third-order valence-corrected chi connectivity index (χ3v) is 4.59. The van der Waals surface area contributed by atoms with Gasteiger partial charge in [-0.3, -0.25) is 4.79 Å². The number of anilines is 1. The molecule has 0 bridgehead atoms. The van der Waals surface area contributed by atoms with Crippen LogP contribution in [0.5, 0.6) is 11.5 Å². The molecule has 23 heavy (non-hydrogen) atoms. The van der Waals surface area contributed by atoms with E-state index < -0.39 is 0 Å². The maximum absolute atomic E-state index is 12.3. The number of hydrogen-bond acceptors (Lipinski definition) is 3. The molecule has 0 saturated heterocycles. The first-order chi connectivity index (χ1) is 11.0. The van der Waals surface area contributed by atoms with Gasteiger partial charge < -0.3 is 14.8 Å². The zero-order chi connectivity index (χ0) is 17.0. The average Bonchev–Trinajstić information content (AvgIpc) is 2.53. The van der Waals surface area contributed by atoms with Crippen molar-refractivity contribution < 1.29 is 14.3 Å². The summed E-state index contributed by atoms with van der Waals surface area (Å²) >= 11 is 9.52. The summed E-state index contributed by atoms with van der Waals surface area (Å²) < 4.78 is 11.3. The average molecular weight is 399 g/mol. The highest BCUT2D eigenvalue weighted by molar-refractivity contribution is 9.10. The van der Waals surface area contributed by atoms with Gasteiger partial charge in [-0.25, -0.2) is 0 Å². The second kappa shape index (κ2) is 7.70. The summed E-state index contributed by atoms with van der Waals surface area (Å²) in [4.78, 5) is 12.3. The topological polar surface area (TPSA) is 47.6 Å². The molecule has 122 valence electrons. The molecule has 1 amide bonds. The SMILES string of the molecule is COc1cc(Br)c(CC(=O)Nc2cccc(Cl)c2C)cc1OC. The molecular weight excluding hydrogens is 382 g/mol. The van der Waals surface area contributed by atoms with Gasteiger partial charge in [0.05, 0.1) is 20.6 Å². The first-order valence-electron chi connectivity index (χ1n) is 6.91. The van der Waals surface area contributed by atoms with Crippen molar-refractivity contribution in [1.29, 1.82) is 0 Å². The zero-order valence-electron chi connectivity index (χ0n) is 13.1. The van der Waals surface area contributed by atoms with Gasteiger partial charge in [0.15, 0.2) is 11.5 Å². The molecule has 4 nitrogen and oxygen atoms in total. The smallest absolute Gasteiger partial charge is 0.228 e. The summed E-state index contributed by atoms with van der Waals surface area (Å²) in [5.74, 6) is 1.05. The number of carbonyl (C=O) groups excluding carboxylic acids is 1. The Balaban J connectivity index is 2.18. The van der Waals surface area contributed by atoms with E-state index in [0.29, 0.717) is 22.2 Å². The third-order valence-electron chi connectivity index (χ3n) is 3.45. The van der Waals surface area contributed by atoms with E-state index in [0.717, 1.165) is 15.6 Å². The molecule has 0 unspecified atom stereocenters. The van der Waals surface area contributed by atoms with Gasteiger partial charge in [-0.1, -0.05) is 33.6 Å². The van der Waals surface area contributed by atoms with Gasteiger partial charge in [0.1, 0.15) is 0 Å². The first-order valence-corrected chi connectivity index (χ1v) is 8.08. The predicted molar refractivity (Wildman–Crippen MR) is 95.8 cm³/mol. The van der Waals surface area contributed by atoms with Crippen LogP contribution >= 0.6 is 27.5 Å². The molecule has 0 radical (unpaired) electrons. The second-order valence-corrected chi connectivity index (χ2v) is 6.20. The molecule has 0 aliphatic rings. The van der Waals surface area contributed by atoms with Crippen LogP contribution in [0, 0.1) is 6.92 Å². The molecule has 2 aromatic rings. The fraction of sp³-hybridized carbons (Fsp3) is 0.235. The summed E-state index contributed by atoms with van der Waals surface area (Å²) in [5, 5.41) is 3.50. The van der Waals surface area contributed by atoms with Gasteiger partial charge in [-0.15, -0.1) is 0 Å². The summed E-state index contributed by atoms with van der Waals surface area (Å²) in [6.07, 6.45) is 0.201. The maximum atomic E-state index is 12.3. The first kappa shape index (κ1) is 17.6. The van der Waals surface area contributed by atoms with Crippen molar-refractivity contribution in [1.82, 2.24) is 0 Å². The summed E-state index contributed by atoms with van der Waals surface area (Å²) in [6, 6.07) is 8.98. The largest absolute Gasteiger partial charge is 0.493 e. The van der Waals surface area contributed by atoms with E-state index >= 15 is 0 Å². The van der Waals surface area contributed by atoms with E-state index in [-0.39, 0.29) is 12.3 Å². The number of benzene rings is 2. The molecule has 6 heteroatoms. The highest BCUT2D eigenvalue weighted by Gasteiger charge is 2.13. The van der Waals surface area contributed by atoms with Crippen molar-refractivity contribution in [2.24, 2.45) is 0 Å². The van der Waals surface area contributed by atoms with E-state index in [1.165, 1.54) is 0 Å². The normalized spacial score (nSPS) is 10.3. The molecule has 0 aliphatic heterocycles. The number of amides is 1. The summed E-state index contributed by atoms with van der Waals surface area (Å²) in [5.41, 5.74) is 2.35. The lowest BCUT2D eigenvalue weighted by Gasteiger charge is -2.13. The Morgan fingerprint density at radius 1 is 1.22 bits per heavy atom. The summed E-state index contributed by atoms with van der Waals surface area (Å²) in [7, 11) is 3.13. The van der Waals surface area contributed by atoms with Gasteiger partial charge in [-0.05, 0) is 42.3 Å². The number of rotatable bonds is 5. The number of hydrogen-bond donors (Lipinski definition) is 1. The van der Waals surface area contributed by atoms with Crippen molar-refractivity contribution in [3.63, 3.8) is 0 Å². The Morgan fingerprint density at radius 3 is 2.52 bits per heavy atom. The quantitative estimate of drug-likeness (QED) is 0.800. The lowest BCUT2D eigenvalue weighted by atomic mass is 10.1. The van der Waals surface area contributed by atoms with Crippen molar-refractivity contribution in [3.8, 4) is 11.5 Å². The lowest BCUT2D eigenvalue weighted by molar-refractivity contribution is -0.115. The van der Waals surface area contributed by atoms with Gasteiger partial charge in [0.2, 0.25) is 5.91 Å². The van der Waals surface area contributed by atoms with E-state index in [4.69, 9.17) is 21.1 Å². The van der Waals surface area contributed by atoms with Gasteiger partial charge in [-0.2, -0.15) is 0 Å². The van der Waals surface area contributed by atoms with Crippen LogP contribution in [0.3, 0.4) is 0 Å². The van der Waals surface area contributed by atoms with E-state index in [1.807, 2.05) is 13.0 Å². The number of nitrogens with one attached hydrogen (secondary N) is 1. The van der Waals surface area contributed by atoms with Crippen LogP contribution in [0.4, 0.5) is 5.69 Å². The predicted octanol–water partition coefficient (Wildman–Crippen LogP) is 4.61. The molecule has 0 aliphatic carbocycles. The van der Waals surface area contributed by atoms with Gasteiger partial charge in [0, 0.05) is 15.2 Å². The Morgan fingerprint density at radius 2 is 1.87 bits per heavy atom. The van der Waals surface area contributed by atoms with Crippen LogP contribution < -0.4 is 14.8 Å². The van der Waals surface area contributed by atoms with Gasteiger partial charge >= 0.3 is 0 Å². The standard InChI is InChI=1S/C17H17BrClNO3/c1-10-13(19)5-4-6-14(10)20-17(21)8-11-7-15(22-2)16(23-3)9-12(11)18/h4-7,9H,8H2,1-3H3,(H,20,21). The molecule has 0 spiro atoms. The maximum Gasteiger partial charge on any atom is 0.228 e. The molecule has 0 heterocycles. The van der Waals surface area contributed by atoms with E-state index in [1.54, 1.807) is 38.5 Å². The molecule has 0 atom stereocenters. The Hall–Kier alpha value is -1.72.